The topological polar surface area (TPSA) is 66.9 Å². The molecule has 0 saturated heterocycles. The van der Waals surface area contributed by atoms with Crippen molar-refractivity contribution in [2.45, 2.75) is 58.0 Å². The third-order valence-corrected chi connectivity index (χ3v) is 3.25. The average Bonchev–Trinajstić information content (AvgIpc) is 2.39. The summed E-state index contributed by atoms with van der Waals surface area (Å²) in [7, 11) is 0. The van der Waals surface area contributed by atoms with Gasteiger partial charge in [-0.05, 0) is 32.8 Å². The second kappa shape index (κ2) is 6.50. The average molecular weight is 262 g/mol. The molecule has 0 spiro atoms. The fourth-order valence-corrected chi connectivity index (χ4v) is 2.32. The maximum atomic E-state index is 11.9. The zero-order valence-corrected chi connectivity index (χ0v) is 11.6. The Kier molecular flexibility index (Phi) is 4.71. The molecule has 2 N–H and O–H groups in total. The Bertz CT molecular complexity index is 427. The van der Waals surface area contributed by atoms with Crippen molar-refractivity contribution in [2.75, 3.05) is 5.32 Å². The van der Waals surface area contributed by atoms with Gasteiger partial charge < -0.3 is 10.6 Å². The highest BCUT2D eigenvalue weighted by Crippen LogP contribution is 2.20. The maximum Gasteiger partial charge on any atom is 0.270 e. The molecule has 1 amide bonds. The van der Waals surface area contributed by atoms with Crippen LogP contribution >= 0.6 is 0 Å². The molecule has 0 aromatic carbocycles. The van der Waals surface area contributed by atoms with Gasteiger partial charge in [0.1, 0.15) is 5.69 Å². The third-order valence-electron chi connectivity index (χ3n) is 3.25. The van der Waals surface area contributed by atoms with Crippen molar-refractivity contribution < 1.29 is 4.79 Å². The number of hydrogen-bond donors (Lipinski definition) is 2. The van der Waals surface area contributed by atoms with Gasteiger partial charge in [0, 0.05) is 18.3 Å². The molecule has 1 heterocycles. The van der Waals surface area contributed by atoms with Gasteiger partial charge in [0.15, 0.2) is 0 Å². The first kappa shape index (κ1) is 13.8. The van der Waals surface area contributed by atoms with Crippen molar-refractivity contribution in [1.82, 2.24) is 15.3 Å². The number of carbonyl (C=O) groups is 1. The van der Waals surface area contributed by atoms with E-state index in [2.05, 4.69) is 20.6 Å². The lowest BCUT2D eigenvalue weighted by molar-refractivity contribution is 0.0938. The molecule has 0 unspecified atom stereocenters. The first-order chi connectivity index (χ1) is 9.15. The van der Waals surface area contributed by atoms with E-state index in [0.29, 0.717) is 17.7 Å². The smallest absolute Gasteiger partial charge is 0.270 e. The number of rotatable bonds is 4. The molecular formula is C14H22N4O. The predicted octanol–water partition coefficient (Wildman–Crippen LogP) is 2.36. The van der Waals surface area contributed by atoms with Gasteiger partial charge in [-0.2, -0.15) is 0 Å². The van der Waals surface area contributed by atoms with Crippen LogP contribution in [0.2, 0.25) is 0 Å². The second-order valence-corrected chi connectivity index (χ2v) is 5.37. The Morgan fingerprint density at radius 3 is 2.74 bits per heavy atom. The number of carbonyl (C=O) groups excluding carboxylic acids is 1. The molecule has 1 aromatic rings. The minimum atomic E-state index is -0.149. The fraction of sp³-hybridized carbons (Fsp3) is 0.643. The Balaban J connectivity index is 1.99. The molecule has 0 atom stereocenters. The zero-order valence-electron chi connectivity index (χ0n) is 11.6. The van der Waals surface area contributed by atoms with Crippen LogP contribution in [0, 0.1) is 0 Å². The van der Waals surface area contributed by atoms with Crippen molar-refractivity contribution in [3.63, 3.8) is 0 Å². The van der Waals surface area contributed by atoms with E-state index < -0.39 is 0 Å². The normalized spacial score (nSPS) is 16.4. The van der Waals surface area contributed by atoms with Crippen LogP contribution in [0.5, 0.6) is 0 Å². The molecule has 19 heavy (non-hydrogen) atoms. The van der Waals surface area contributed by atoms with Crippen molar-refractivity contribution in [3.05, 3.63) is 18.0 Å². The van der Waals surface area contributed by atoms with E-state index in [1.54, 1.807) is 12.3 Å². The van der Waals surface area contributed by atoms with Crippen LogP contribution in [-0.4, -0.2) is 28.0 Å². The van der Waals surface area contributed by atoms with Gasteiger partial charge in [0.25, 0.3) is 5.91 Å². The number of hydrogen-bond acceptors (Lipinski definition) is 4. The van der Waals surface area contributed by atoms with Crippen molar-refractivity contribution in [2.24, 2.45) is 0 Å². The van der Waals surface area contributed by atoms with E-state index >= 15 is 0 Å². The Hall–Kier alpha value is -1.65. The molecule has 104 valence electrons. The maximum absolute atomic E-state index is 11.9. The molecule has 5 nitrogen and oxygen atoms in total. The molecule has 1 aromatic heterocycles. The molecule has 1 saturated carbocycles. The molecule has 0 radical (unpaired) electrons. The van der Waals surface area contributed by atoms with Crippen LogP contribution < -0.4 is 10.6 Å². The Labute approximate surface area is 114 Å². The summed E-state index contributed by atoms with van der Waals surface area (Å²) in [6.45, 7) is 3.86. The summed E-state index contributed by atoms with van der Waals surface area (Å²) in [6.07, 6.45) is 7.78. The molecule has 5 heteroatoms. The van der Waals surface area contributed by atoms with E-state index in [-0.39, 0.29) is 11.9 Å². The van der Waals surface area contributed by atoms with Crippen LogP contribution in [0.3, 0.4) is 0 Å². The van der Waals surface area contributed by atoms with E-state index in [1.807, 2.05) is 13.8 Å². The van der Waals surface area contributed by atoms with Crippen molar-refractivity contribution in [3.8, 4) is 0 Å². The Morgan fingerprint density at radius 1 is 1.32 bits per heavy atom. The highest BCUT2D eigenvalue weighted by molar-refractivity contribution is 5.92. The standard InChI is InChI=1S/C14H22N4O/c1-10(2)16-13(19)12-8-9-15-14(18-12)17-11-6-4-3-5-7-11/h8-11H,3-7H2,1-2H3,(H,16,19)(H,15,17,18). The van der Waals surface area contributed by atoms with Crippen LogP contribution in [-0.2, 0) is 0 Å². The highest BCUT2D eigenvalue weighted by Gasteiger charge is 2.15. The summed E-state index contributed by atoms with van der Waals surface area (Å²) in [5, 5.41) is 6.16. The molecule has 1 fully saturated rings. The number of anilines is 1. The van der Waals surface area contributed by atoms with E-state index in [4.69, 9.17) is 0 Å². The molecule has 1 aliphatic carbocycles. The van der Waals surface area contributed by atoms with Gasteiger partial charge >= 0.3 is 0 Å². The van der Waals surface area contributed by atoms with Gasteiger partial charge in [-0.3, -0.25) is 4.79 Å². The summed E-state index contributed by atoms with van der Waals surface area (Å²) in [4.78, 5) is 20.3. The van der Waals surface area contributed by atoms with Gasteiger partial charge in [-0.15, -0.1) is 0 Å². The lowest BCUT2D eigenvalue weighted by Crippen LogP contribution is -2.31. The number of nitrogens with zero attached hydrogens (tertiary/aromatic N) is 2. The number of nitrogens with one attached hydrogen (secondary N) is 2. The van der Waals surface area contributed by atoms with E-state index in [1.165, 1.54) is 19.3 Å². The minimum Gasteiger partial charge on any atom is -0.351 e. The lowest BCUT2D eigenvalue weighted by atomic mass is 9.96. The van der Waals surface area contributed by atoms with Crippen LogP contribution in [0.25, 0.3) is 0 Å². The summed E-state index contributed by atoms with van der Waals surface area (Å²) >= 11 is 0. The molecule has 2 rings (SSSR count). The van der Waals surface area contributed by atoms with Gasteiger partial charge in [0.05, 0.1) is 0 Å². The van der Waals surface area contributed by atoms with Crippen LogP contribution in [0.1, 0.15) is 56.4 Å². The largest absolute Gasteiger partial charge is 0.351 e. The quantitative estimate of drug-likeness (QED) is 0.874. The van der Waals surface area contributed by atoms with Gasteiger partial charge in [-0.1, -0.05) is 19.3 Å². The van der Waals surface area contributed by atoms with Crippen molar-refractivity contribution in [1.29, 1.82) is 0 Å². The second-order valence-electron chi connectivity index (χ2n) is 5.37. The fourth-order valence-electron chi connectivity index (χ4n) is 2.32. The van der Waals surface area contributed by atoms with Gasteiger partial charge in [-0.25, -0.2) is 9.97 Å². The van der Waals surface area contributed by atoms with E-state index in [0.717, 1.165) is 12.8 Å². The van der Waals surface area contributed by atoms with E-state index in [9.17, 15) is 4.79 Å². The van der Waals surface area contributed by atoms with Crippen LogP contribution in [0.4, 0.5) is 5.95 Å². The molecule has 0 aliphatic heterocycles. The zero-order chi connectivity index (χ0) is 13.7. The Morgan fingerprint density at radius 2 is 2.05 bits per heavy atom. The minimum absolute atomic E-state index is 0.109. The summed E-state index contributed by atoms with van der Waals surface area (Å²) in [5.74, 6) is 0.410. The summed E-state index contributed by atoms with van der Waals surface area (Å²) in [6, 6.07) is 2.19. The molecular weight excluding hydrogens is 240 g/mol. The number of aromatic nitrogens is 2. The summed E-state index contributed by atoms with van der Waals surface area (Å²) in [5.41, 5.74) is 0.419. The SMILES string of the molecule is CC(C)NC(=O)c1ccnc(NC2CCCCC2)n1. The molecule has 0 bridgehead atoms. The number of amides is 1. The first-order valence-electron chi connectivity index (χ1n) is 7.05. The van der Waals surface area contributed by atoms with Crippen molar-refractivity contribution >= 4 is 11.9 Å². The van der Waals surface area contributed by atoms with Crippen LogP contribution in [0.15, 0.2) is 12.3 Å². The summed E-state index contributed by atoms with van der Waals surface area (Å²) < 4.78 is 0. The first-order valence-corrected chi connectivity index (χ1v) is 7.05. The monoisotopic (exact) mass is 262 g/mol. The van der Waals surface area contributed by atoms with Gasteiger partial charge in [0.2, 0.25) is 5.95 Å². The predicted molar refractivity (Wildman–Crippen MR) is 75.1 cm³/mol. The lowest BCUT2D eigenvalue weighted by Gasteiger charge is -2.22. The third kappa shape index (κ3) is 4.19. The highest BCUT2D eigenvalue weighted by atomic mass is 16.1. The molecule has 1 aliphatic rings.